The summed E-state index contributed by atoms with van der Waals surface area (Å²) in [7, 11) is 1.71. The maximum absolute atomic E-state index is 14.4. The maximum atomic E-state index is 14.4. The molecule has 0 radical (unpaired) electrons. The Morgan fingerprint density at radius 3 is 2.79 bits per heavy atom. The van der Waals surface area contributed by atoms with Crippen LogP contribution in [0.3, 0.4) is 0 Å². The molecule has 9 nitrogen and oxygen atoms in total. The topological polar surface area (TPSA) is 118 Å². The molecule has 1 aliphatic heterocycles. The Hall–Kier alpha value is -3.86. The van der Waals surface area contributed by atoms with Gasteiger partial charge in [0.05, 0.1) is 29.0 Å². The van der Waals surface area contributed by atoms with Crippen molar-refractivity contribution in [1.29, 1.82) is 0 Å². The average Bonchev–Trinajstić information content (AvgIpc) is 3.44. The van der Waals surface area contributed by atoms with E-state index in [1.54, 1.807) is 14.0 Å². The molecule has 0 bridgehead atoms. The smallest absolute Gasteiger partial charge is 0.326 e. The number of aryl methyl sites for hydroxylation is 1. The van der Waals surface area contributed by atoms with Crippen LogP contribution in [0.5, 0.6) is 11.8 Å². The van der Waals surface area contributed by atoms with Gasteiger partial charge in [-0.2, -0.15) is 9.97 Å². The van der Waals surface area contributed by atoms with Crippen molar-refractivity contribution in [2.45, 2.75) is 13.3 Å². The van der Waals surface area contributed by atoms with Crippen molar-refractivity contribution in [3.05, 3.63) is 47.6 Å². The summed E-state index contributed by atoms with van der Waals surface area (Å²) in [4.78, 5) is 22.5. The number of aromatic amines is 1. The van der Waals surface area contributed by atoms with Crippen LogP contribution in [0.1, 0.15) is 12.2 Å². The molecule has 1 fully saturated rings. The number of fused-ring (bicyclic) bond motifs is 3. The molecule has 0 aliphatic carbocycles. The van der Waals surface area contributed by atoms with E-state index in [4.69, 9.17) is 10.5 Å². The van der Waals surface area contributed by atoms with Crippen LogP contribution in [0.4, 0.5) is 20.3 Å². The molecule has 4 aromatic rings. The molecule has 4 heterocycles. The van der Waals surface area contributed by atoms with Crippen molar-refractivity contribution in [3.8, 4) is 11.8 Å². The number of halogens is 2. The van der Waals surface area contributed by atoms with Crippen LogP contribution >= 0.6 is 0 Å². The van der Waals surface area contributed by atoms with E-state index in [1.807, 2.05) is 4.90 Å². The van der Waals surface area contributed by atoms with Crippen LogP contribution < -0.4 is 20.7 Å². The number of ether oxygens (including phenoxy) is 1. The molecule has 1 aliphatic rings. The molecule has 170 valence electrons. The summed E-state index contributed by atoms with van der Waals surface area (Å²) < 4.78 is 34.4. The van der Waals surface area contributed by atoms with Crippen molar-refractivity contribution in [2.75, 3.05) is 36.9 Å². The van der Waals surface area contributed by atoms with E-state index < -0.39 is 5.82 Å². The molecule has 1 saturated heterocycles. The quantitative estimate of drug-likeness (QED) is 0.421. The van der Waals surface area contributed by atoms with Gasteiger partial charge in [-0.15, -0.1) is 0 Å². The van der Waals surface area contributed by atoms with Gasteiger partial charge in [-0.1, -0.05) is 0 Å². The van der Waals surface area contributed by atoms with Gasteiger partial charge >= 0.3 is 6.01 Å². The van der Waals surface area contributed by atoms with Crippen LogP contribution in [-0.4, -0.2) is 51.6 Å². The van der Waals surface area contributed by atoms with Gasteiger partial charge in [-0.25, -0.2) is 18.7 Å². The van der Waals surface area contributed by atoms with Crippen LogP contribution in [0.25, 0.3) is 21.9 Å². The SMILES string of the molecule is CNc1cc(F)cc2c1[nH]c1nc(Oc3cnc(C)nc3)nc(N3CC/C(=C(\F)CN)C3)c12. The monoisotopic (exact) mass is 452 g/mol. The Balaban J connectivity index is 1.69. The highest BCUT2D eigenvalue weighted by Crippen LogP contribution is 2.38. The minimum absolute atomic E-state index is 0.0692. The van der Waals surface area contributed by atoms with E-state index in [0.29, 0.717) is 70.1 Å². The predicted octanol–water partition coefficient (Wildman–Crippen LogP) is 3.58. The first-order chi connectivity index (χ1) is 16.0. The summed E-state index contributed by atoms with van der Waals surface area (Å²) in [5.74, 6) is 0.780. The van der Waals surface area contributed by atoms with Gasteiger partial charge in [0.2, 0.25) is 0 Å². The van der Waals surface area contributed by atoms with Gasteiger partial charge in [-0.3, -0.25) is 0 Å². The summed E-state index contributed by atoms with van der Waals surface area (Å²) in [6, 6.07) is 2.91. The van der Waals surface area contributed by atoms with Crippen LogP contribution in [0.2, 0.25) is 0 Å². The number of hydrogen-bond donors (Lipinski definition) is 3. The van der Waals surface area contributed by atoms with Gasteiger partial charge in [0, 0.05) is 32.1 Å². The summed E-state index contributed by atoms with van der Waals surface area (Å²) in [5.41, 5.74) is 7.85. The maximum Gasteiger partial charge on any atom is 0.326 e. The number of benzene rings is 1. The summed E-state index contributed by atoms with van der Waals surface area (Å²) in [6.45, 7) is 2.48. The number of nitrogens with zero attached hydrogens (tertiary/aromatic N) is 5. The van der Waals surface area contributed by atoms with Crippen LogP contribution in [0, 0.1) is 12.7 Å². The summed E-state index contributed by atoms with van der Waals surface area (Å²) in [5, 5.41) is 4.24. The zero-order valence-corrected chi connectivity index (χ0v) is 18.1. The van der Waals surface area contributed by atoms with Crippen molar-refractivity contribution in [1.82, 2.24) is 24.9 Å². The Morgan fingerprint density at radius 1 is 1.27 bits per heavy atom. The number of H-pyrrole nitrogens is 1. The molecule has 4 N–H and O–H groups in total. The van der Waals surface area contributed by atoms with E-state index >= 15 is 0 Å². The minimum atomic E-state index is -0.396. The molecule has 0 unspecified atom stereocenters. The lowest BCUT2D eigenvalue weighted by molar-refractivity contribution is 0.439. The normalized spacial score (nSPS) is 15.5. The van der Waals surface area contributed by atoms with Gasteiger partial charge in [0.15, 0.2) is 5.75 Å². The first-order valence-electron chi connectivity index (χ1n) is 10.5. The zero-order valence-electron chi connectivity index (χ0n) is 18.1. The lowest BCUT2D eigenvalue weighted by atomic mass is 10.1. The third-order valence-electron chi connectivity index (χ3n) is 5.65. The molecular weight excluding hydrogens is 430 g/mol. The summed E-state index contributed by atoms with van der Waals surface area (Å²) in [6.07, 6.45) is 3.58. The van der Waals surface area contributed by atoms with Crippen molar-refractivity contribution in [3.63, 3.8) is 0 Å². The molecule has 33 heavy (non-hydrogen) atoms. The number of aromatic nitrogens is 5. The Labute approximate surface area is 187 Å². The largest absolute Gasteiger partial charge is 0.421 e. The molecule has 3 aromatic heterocycles. The molecule has 1 aromatic carbocycles. The van der Waals surface area contributed by atoms with Gasteiger partial charge in [-0.05, 0) is 31.1 Å². The number of nitrogens with two attached hydrogens (primary N) is 1. The lowest BCUT2D eigenvalue weighted by Crippen LogP contribution is -2.20. The standard InChI is InChI=1S/C22H22F2N8O/c1-11-27-8-14(9-28-11)33-22-30-20-18(15-5-13(23)6-17(26-2)19(15)29-20)21(31-22)32-4-3-12(10-32)16(24)7-25/h5-6,8-9,26H,3-4,7,10,25H2,1-2H3,(H,29,30,31)/b16-12+. The number of hydrogen-bond acceptors (Lipinski definition) is 8. The highest BCUT2D eigenvalue weighted by Gasteiger charge is 2.26. The third-order valence-corrected chi connectivity index (χ3v) is 5.65. The predicted molar refractivity (Wildman–Crippen MR) is 122 cm³/mol. The minimum Gasteiger partial charge on any atom is -0.421 e. The lowest BCUT2D eigenvalue weighted by Gasteiger charge is -2.18. The van der Waals surface area contributed by atoms with E-state index in [2.05, 4.69) is 30.2 Å². The molecule has 0 saturated carbocycles. The molecular formula is C22H22F2N8O. The fraction of sp³-hybridized carbons (Fsp3) is 0.273. The number of rotatable bonds is 5. The average molecular weight is 452 g/mol. The van der Waals surface area contributed by atoms with Gasteiger partial charge in [0.1, 0.15) is 28.9 Å². The second kappa shape index (κ2) is 8.24. The van der Waals surface area contributed by atoms with Crippen molar-refractivity contribution < 1.29 is 13.5 Å². The van der Waals surface area contributed by atoms with Crippen molar-refractivity contribution >= 4 is 33.4 Å². The van der Waals surface area contributed by atoms with Crippen molar-refractivity contribution in [2.24, 2.45) is 5.73 Å². The molecule has 0 amide bonds. The highest BCUT2D eigenvalue weighted by atomic mass is 19.1. The van der Waals surface area contributed by atoms with Gasteiger partial charge in [0.25, 0.3) is 0 Å². The number of nitrogens with one attached hydrogen (secondary N) is 2. The second-order valence-corrected chi connectivity index (χ2v) is 7.76. The van der Waals surface area contributed by atoms with Crippen LogP contribution in [-0.2, 0) is 0 Å². The first kappa shape index (κ1) is 21.0. The Bertz CT molecular complexity index is 1380. The highest BCUT2D eigenvalue weighted by molar-refractivity contribution is 6.14. The number of anilines is 2. The van der Waals surface area contributed by atoms with E-state index in [0.717, 1.165) is 0 Å². The van der Waals surface area contributed by atoms with E-state index in [1.165, 1.54) is 24.5 Å². The van der Waals surface area contributed by atoms with E-state index in [9.17, 15) is 8.78 Å². The second-order valence-electron chi connectivity index (χ2n) is 7.76. The Morgan fingerprint density at radius 2 is 2.06 bits per heavy atom. The van der Waals surface area contributed by atoms with Crippen LogP contribution in [0.15, 0.2) is 35.9 Å². The fourth-order valence-corrected chi connectivity index (χ4v) is 4.04. The van der Waals surface area contributed by atoms with E-state index in [-0.39, 0.29) is 18.4 Å². The first-order valence-corrected chi connectivity index (χ1v) is 10.5. The molecule has 5 rings (SSSR count). The third kappa shape index (κ3) is 3.80. The molecule has 0 spiro atoms. The zero-order chi connectivity index (χ0) is 23.1. The molecule has 0 atom stereocenters. The summed E-state index contributed by atoms with van der Waals surface area (Å²) >= 11 is 0. The molecule has 11 heteroatoms. The fourth-order valence-electron chi connectivity index (χ4n) is 4.04. The van der Waals surface area contributed by atoms with Gasteiger partial charge < -0.3 is 25.7 Å². The Kier molecular flexibility index (Phi) is 5.25.